The van der Waals surface area contributed by atoms with Crippen molar-refractivity contribution in [1.82, 2.24) is 0 Å². The minimum Gasteiger partial charge on any atom is -0.493 e. The summed E-state index contributed by atoms with van der Waals surface area (Å²) in [5.74, 6) is 3.26. The fourth-order valence-electron chi connectivity index (χ4n) is 2.53. The van der Waals surface area contributed by atoms with Crippen LogP contribution < -0.4 is 9.47 Å². The smallest absolute Gasteiger partial charge is 0.130 e. The maximum Gasteiger partial charge on any atom is 0.130 e. The van der Waals surface area contributed by atoms with Crippen LogP contribution in [0.1, 0.15) is 46.1 Å². The fraction of sp³-hybridized carbons (Fsp3) is 0.524. The van der Waals surface area contributed by atoms with E-state index in [9.17, 15) is 0 Å². The summed E-state index contributed by atoms with van der Waals surface area (Å²) < 4.78 is 12.1. The van der Waals surface area contributed by atoms with Crippen molar-refractivity contribution in [2.75, 3.05) is 13.2 Å². The third-order valence-corrected chi connectivity index (χ3v) is 4.06. The predicted octanol–water partition coefficient (Wildman–Crippen LogP) is 6.00. The van der Waals surface area contributed by atoms with Gasteiger partial charge in [0.05, 0.1) is 13.2 Å². The summed E-state index contributed by atoms with van der Waals surface area (Å²) in [5.41, 5.74) is 1.18. The normalized spacial score (nSPS) is 11.4. The van der Waals surface area contributed by atoms with Gasteiger partial charge in [-0.25, -0.2) is 0 Å². The number of benzene rings is 2. The Hall–Kier alpha value is -1.70. The number of rotatable bonds is 8. The second-order valence-corrected chi connectivity index (χ2v) is 7.12. The lowest BCUT2D eigenvalue weighted by atomic mass is 10.0. The lowest BCUT2D eigenvalue weighted by Crippen LogP contribution is -2.04. The molecule has 0 aliphatic rings. The van der Waals surface area contributed by atoms with Gasteiger partial charge in [-0.15, -0.1) is 0 Å². The first-order chi connectivity index (χ1) is 11.0. The molecule has 0 aliphatic heterocycles. The maximum absolute atomic E-state index is 6.10. The van der Waals surface area contributed by atoms with Gasteiger partial charge in [0.15, 0.2) is 0 Å². The molecular formula is C21H30O2. The van der Waals surface area contributed by atoms with Crippen LogP contribution >= 0.6 is 0 Å². The van der Waals surface area contributed by atoms with E-state index in [1.54, 1.807) is 0 Å². The molecule has 0 fully saturated rings. The van der Waals surface area contributed by atoms with E-state index in [-0.39, 0.29) is 0 Å². The van der Waals surface area contributed by atoms with Gasteiger partial charge in [0, 0.05) is 10.8 Å². The van der Waals surface area contributed by atoms with E-state index in [1.807, 2.05) is 0 Å². The molecule has 2 aromatic carbocycles. The van der Waals surface area contributed by atoms with Crippen molar-refractivity contribution in [3.05, 3.63) is 35.9 Å². The highest BCUT2D eigenvalue weighted by molar-refractivity contribution is 5.94. The second-order valence-electron chi connectivity index (χ2n) is 7.12. The van der Waals surface area contributed by atoms with Crippen molar-refractivity contribution in [2.45, 2.75) is 47.5 Å². The number of fused-ring (bicyclic) bond motifs is 1. The summed E-state index contributed by atoms with van der Waals surface area (Å²) in [6, 6.07) is 10.5. The Morgan fingerprint density at radius 1 is 0.783 bits per heavy atom. The van der Waals surface area contributed by atoms with Crippen molar-refractivity contribution in [3.8, 4) is 11.5 Å². The molecule has 0 saturated heterocycles. The summed E-state index contributed by atoms with van der Waals surface area (Å²) in [7, 11) is 0. The molecule has 0 radical (unpaired) electrons. The van der Waals surface area contributed by atoms with Crippen LogP contribution in [0.4, 0.5) is 0 Å². The predicted molar refractivity (Wildman–Crippen MR) is 98.6 cm³/mol. The molecule has 0 aromatic heterocycles. The van der Waals surface area contributed by atoms with Crippen LogP contribution in [-0.2, 0) is 0 Å². The topological polar surface area (TPSA) is 18.5 Å². The lowest BCUT2D eigenvalue weighted by molar-refractivity contribution is 0.289. The van der Waals surface area contributed by atoms with E-state index in [2.05, 4.69) is 65.0 Å². The van der Waals surface area contributed by atoms with Crippen LogP contribution in [0.15, 0.2) is 30.3 Å². The zero-order valence-electron chi connectivity index (χ0n) is 15.2. The van der Waals surface area contributed by atoms with Crippen molar-refractivity contribution < 1.29 is 9.47 Å². The SMILES string of the molecule is Cc1ccc2c(OCCC(C)C)cccc2c1OCCC(C)C. The van der Waals surface area contributed by atoms with Gasteiger partial charge in [0.25, 0.3) is 0 Å². The Morgan fingerprint density at radius 2 is 1.43 bits per heavy atom. The lowest BCUT2D eigenvalue weighted by Gasteiger charge is -2.16. The van der Waals surface area contributed by atoms with Crippen molar-refractivity contribution >= 4 is 10.8 Å². The van der Waals surface area contributed by atoms with Gasteiger partial charge >= 0.3 is 0 Å². The largest absolute Gasteiger partial charge is 0.493 e. The van der Waals surface area contributed by atoms with Gasteiger partial charge in [-0.3, -0.25) is 0 Å². The number of hydrogen-bond acceptors (Lipinski definition) is 2. The summed E-state index contributed by atoms with van der Waals surface area (Å²) in [5, 5.41) is 2.29. The van der Waals surface area contributed by atoms with Gasteiger partial charge in [-0.1, -0.05) is 52.0 Å². The number of hydrogen-bond donors (Lipinski definition) is 0. The molecule has 0 heterocycles. The molecule has 0 spiro atoms. The summed E-state index contributed by atoms with van der Waals surface area (Å²) >= 11 is 0. The van der Waals surface area contributed by atoms with Crippen LogP contribution in [0.25, 0.3) is 10.8 Å². The van der Waals surface area contributed by atoms with Crippen LogP contribution in [0, 0.1) is 18.8 Å². The van der Waals surface area contributed by atoms with Gasteiger partial charge in [-0.2, -0.15) is 0 Å². The Kier molecular flexibility index (Phi) is 6.32. The molecule has 2 aromatic rings. The molecule has 2 heteroatoms. The summed E-state index contributed by atoms with van der Waals surface area (Å²) in [6.45, 7) is 12.5. The van der Waals surface area contributed by atoms with E-state index in [0.717, 1.165) is 48.3 Å². The van der Waals surface area contributed by atoms with Crippen molar-refractivity contribution in [1.29, 1.82) is 0 Å². The van der Waals surface area contributed by atoms with E-state index >= 15 is 0 Å². The molecule has 0 bridgehead atoms. The maximum atomic E-state index is 6.10. The van der Waals surface area contributed by atoms with Crippen LogP contribution in [0.3, 0.4) is 0 Å². The second kappa shape index (κ2) is 8.24. The third-order valence-electron chi connectivity index (χ3n) is 4.06. The standard InChI is InChI=1S/C21H30O2/c1-15(2)11-13-22-20-8-6-7-19-18(20)10-9-17(5)21(19)23-14-12-16(3)4/h6-10,15-16H,11-14H2,1-5H3. The first kappa shape index (κ1) is 17.7. The summed E-state index contributed by atoms with van der Waals surface area (Å²) in [4.78, 5) is 0. The molecule has 0 saturated carbocycles. The fourth-order valence-corrected chi connectivity index (χ4v) is 2.53. The minimum atomic E-state index is 0.653. The van der Waals surface area contributed by atoms with Gasteiger partial charge in [0.2, 0.25) is 0 Å². The molecule has 0 unspecified atom stereocenters. The first-order valence-electron chi connectivity index (χ1n) is 8.77. The van der Waals surface area contributed by atoms with E-state index < -0.39 is 0 Å². The molecule has 126 valence electrons. The molecule has 23 heavy (non-hydrogen) atoms. The van der Waals surface area contributed by atoms with Crippen LogP contribution in [0.2, 0.25) is 0 Å². The van der Waals surface area contributed by atoms with E-state index in [4.69, 9.17) is 9.47 Å². The van der Waals surface area contributed by atoms with E-state index in [1.165, 1.54) is 5.56 Å². The van der Waals surface area contributed by atoms with Crippen molar-refractivity contribution in [3.63, 3.8) is 0 Å². The Balaban J connectivity index is 2.24. The minimum absolute atomic E-state index is 0.653. The molecule has 2 nitrogen and oxygen atoms in total. The zero-order valence-corrected chi connectivity index (χ0v) is 15.2. The zero-order chi connectivity index (χ0) is 16.8. The van der Waals surface area contributed by atoms with E-state index in [0.29, 0.717) is 11.8 Å². The number of ether oxygens (including phenoxy) is 2. The molecular weight excluding hydrogens is 284 g/mol. The first-order valence-corrected chi connectivity index (χ1v) is 8.77. The highest BCUT2D eigenvalue weighted by Crippen LogP contribution is 2.35. The van der Waals surface area contributed by atoms with Gasteiger partial charge < -0.3 is 9.47 Å². The molecule has 0 atom stereocenters. The summed E-state index contributed by atoms with van der Waals surface area (Å²) in [6.07, 6.45) is 2.14. The molecule has 2 rings (SSSR count). The molecule has 0 amide bonds. The van der Waals surface area contributed by atoms with Gasteiger partial charge in [-0.05, 0) is 43.2 Å². The Bertz CT molecular complexity index is 629. The van der Waals surface area contributed by atoms with Gasteiger partial charge in [0.1, 0.15) is 11.5 Å². The third kappa shape index (κ3) is 4.89. The van der Waals surface area contributed by atoms with Crippen molar-refractivity contribution in [2.24, 2.45) is 11.8 Å². The average Bonchev–Trinajstić information content (AvgIpc) is 2.49. The molecule has 0 aliphatic carbocycles. The van der Waals surface area contributed by atoms with Crippen LogP contribution in [0.5, 0.6) is 11.5 Å². The average molecular weight is 314 g/mol. The number of aryl methyl sites for hydroxylation is 1. The van der Waals surface area contributed by atoms with Crippen LogP contribution in [-0.4, -0.2) is 13.2 Å². The Morgan fingerprint density at radius 3 is 2.09 bits per heavy atom. The quantitative estimate of drug-likeness (QED) is 0.595. The monoisotopic (exact) mass is 314 g/mol. The highest BCUT2D eigenvalue weighted by Gasteiger charge is 2.10. The Labute approximate surface area is 140 Å². The highest BCUT2D eigenvalue weighted by atomic mass is 16.5. The molecule has 0 N–H and O–H groups in total.